The van der Waals surface area contributed by atoms with Crippen molar-refractivity contribution in [3.8, 4) is 0 Å². The van der Waals surface area contributed by atoms with Crippen molar-refractivity contribution in [2.45, 2.75) is 19.9 Å². The van der Waals surface area contributed by atoms with E-state index in [1.807, 2.05) is 12.1 Å². The van der Waals surface area contributed by atoms with Crippen LogP contribution in [0.4, 0.5) is 10.1 Å². The van der Waals surface area contributed by atoms with Crippen LogP contribution in [0.2, 0.25) is 0 Å². The average molecular weight is 272 g/mol. The standard InChI is InChI=1S/C17H21FN2/c1-3-20(16-9-5-8-15(18)11-16)17(12-19)14-7-4-6-13(2)10-14/h4-11,17H,3,12,19H2,1-2H3. The first-order valence-corrected chi connectivity index (χ1v) is 6.94. The number of likely N-dealkylation sites (N-methyl/N-ethyl adjacent to an activating group) is 1. The first-order valence-electron chi connectivity index (χ1n) is 6.94. The van der Waals surface area contributed by atoms with Crippen LogP contribution >= 0.6 is 0 Å². The molecule has 2 aromatic rings. The Morgan fingerprint density at radius 1 is 1.15 bits per heavy atom. The fourth-order valence-corrected chi connectivity index (χ4v) is 2.56. The van der Waals surface area contributed by atoms with Crippen LogP contribution in [-0.4, -0.2) is 13.1 Å². The predicted octanol–water partition coefficient (Wildman–Crippen LogP) is 3.66. The predicted molar refractivity (Wildman–Crippen MR) is 82.4 cm³/mol. The molecule has 2 N–H and O–H groups in total. The minimum atomic E-state index is -0.221. The minimum absolute atomic E-state index is 0.0571. The summed E-state index contributed by atoms with van der Waals surface area (Å²) >= 11 is 0. The summed E-state index contributed by atoms with van der Waals surface area (Å²) in [6.45, 7) is 5.39. The molecule has 0 heterocycles. The van der Waals surface area contributed by atoms with Gasteiger partial charge in [0, 0.05) is 18.8 Å². The van der Waals surface area contributed by atoms with E-state index in [0.717, 1.165) is 12.2 Å². The largest absolute Gasteiger partial charge is 0.363 e. The number of anilines is 1. The van der Waals surface area contributed by atoms with Crippen molar-refractivity contribution in [1.29, 1.82) is 0 Å². The molecular weight excluding hydrogens is 251 g/mol. The molecule has 2 aromatic carbocycles. The molecule has 0 saturated heterocycles. The maximum Gasteiger partial charge on any atom is 0.125 e. The van der Waals surface area contributed by atoms with Gasteiger partial charge in [0.25, 0.3) is 0 Å². The van der Waals surface area contributed by atoms with Crippen molar-refractivity contribution in [2.24, 2.45) is 5.73 Å². The summed E-state index contributed by atoms with van der Waals surface area (Å²) in [7, 11) is 0. The molecule has 20 heavy (non-hydrogen) atoms. The van der Waals surface area contributed by atoms with E-state index in [4.69, 9.17) is 5.73 Å². The number of hydrogen-bond donors (Lipinski definition) is 1. The second-order valence-corrected chi connectivity index (χ2v) is 4.93. The van der Waals surface area contributed by atoms with Crippen LogP contribution in [0.1, 0.15) is 24.1 Å². The van der Waals surface area contributed by atoms with Gasteiger partial charge in [0.1, 0.15) is 5.82 Å². The summed E-state index contributed by atoms with van der Waals surface area (Å²) < 4.78 is 13.4. The van der Waals surface area contributed by atoms with Gasteiger partial charge in [-0.15, -0.1) is 0 Å². The molecular formula is C17H21FN2. The molecule has 1 unspecified atom stereocenters. The van der Waals surface area contributed by atoms with Crippen molar-refractivity contribution in [2.75, 3.05) is 18.0 Å². The first kappa shape index (κ1) is 14.5. The lowest BCUT2D eigenvalue weighted by molar-refractivity contribution is 0.616. The monoisotopic (exact) mass is 272 g/mol. The number of rotatable bonds is 5. The van der Waals surface area contributed by atoms with Crippen LogP contribution < -0.4 is 10.6 Å². The van der Waals surface area contributed by atoms with Gasteiger partial charge in [0.15, 0.2) is 0 Å². The second-order valence-electron chi connectivity index (χ2n) is 4.93. The van der Waals surface area contributed by atoms with Crippen LogP contribution in [0.5, 0.6) is 0 Å². The molecule has 0 amide bonds. The summed E-state index contributed by atoms with van der Waals surface area (Å²) in [6.07, 6.45) is 0. The van der Waals surface area contributed by atoms with Crippen molar-refractivity contribution in [3.05, 3.63) is 65.5 Å². The number of nitrogens with two attached hydrogens (primary N) is 1. The fourth-order valence-electron chi connectivity index (χ4n) is 2.56. The zero-order chi connectivity index (χ0) is 14.5. The quantitative estimate of drug-likeness (QED) is 0.900. The fraction of sp³-hybridized carbons (Fsp3) is 0.294. The van der Waals surface area contributed by atoms with Crippen LogP contribution in [0.3, 0.4) is 0 Å². The van der Waals surface area contributed by atoms with E-state index in [1.165, 1.54) is 17.2 Å². The minimum Gasteiger partial charge on any atom is -0.363 e. The highest BCUT2D eigenvalue weighted by Crippen LogP contribution is 2.27. The Kier molecular flexibility index (Phi) is 4.74. The van der Waals surface area contributed by atoms with Crippen LogP contribution in [-0.2, 0) is 0 Å². The maximum absolute atomic E-state index is 13.4. The van der Waals surface area contributed by atoms with Gasteiger partial charge in [-0.3, -0.25) is 0 Å². The lowest BCUT2D eigenvalue weighted by atomic mass is 10.0. The molecule has 2 nitrogen and oxygen atoms in total. The molecule has 3 heteroatoms. The summed E-state index contributed by atoms with van der Waals surface area (Å²) in [6, 6.07) is 15.0. The first-order chi connectivity index (χ1) is 9.65. The Morgan fingerprint density at radius 3 is 2.50 bits per heavy atom. The van der Waals surface area contributed by atoms with E-state index >= 15 is 0 Å². The smallest absolute Gasteiger partial charge is 0.125 e. The lowest BCUT2D eigenvalue weighted by Crippen LogP contribution is -2.33. The van der Waals surface area contributed by atoms with E-state index in [0.29, 0.717) is 6.54 Å². The van der Waals surface area contributed by atoms with E-state index in [2.05, 4.69) is 36.9 Å². The Hall–Kier alpha value is -1.87. The van der Waals surface area contributed by atoms with E-state index in [-0.39, 0.29) is 11.9 Å². The van der Waals surface area contributed by atoms with Crippen molar-refractivity contribution < 1.29 is 4.39 Å². The third-order valence-corrected chi connectivity index (χ3v) is 3.51. The Bertz CT molecular complexity index is 517. The van der Waals surface area contributed by atoms with Crippen molar-refractivity contribution in [3.63, 3.8) is 0 Å². The molecule has 0 aliphatic heterocycles. The maximum atomic E-state index is 13.4. The van der Waals surface area contributed by atoms with Gasteiger partial charge in [-0.2, -0.15) is 0 Å². The number of nitrogens with zero attached hydrogens (tertiary/aromatic N) is 1. The Balaban J connectivity index is 2.37. The highest BCUT2D eigenvalue weighted by atomic mass is 19.1. The van der Waals surface area contributed by atoms with Crippen molar-refractivity contribution >= 4 is 5.69 Å². The molecule has 106 valence electrons. The molecule has 0 fully saturated rings. The average Bonchev–Trinajstić information content (AvgIpc) is 2.44. The molecule has 2 rings (SSSR count). The lowest BCUT2D eigenvalue weighted by Gasteiger charge is -2.32. The van der Waals surface area contributed by atoms with Gasteiger partial charge in [0.2, 0.25) is 0 Å². The number of halogens is 1. The number of aryl methyl sites for hydroxylation is 1. The molecule has 0 spiro atoms. The van der Waals surface area contributed by atoms with E-state index < -0.39 is 0 Å². The summed E-state index contributed by atoms with van der Waals surface area (Å²) in [4.78, 5) is 2.14. The van der Waals surface area contributed by atoms with Crippen LogP contribution in [0.25, 0.3) is 0 Å². The topological polar surface area (TPSA) is 29.3 Å². The SMILES string of the molecule is CCN(c1cccc(F)c1)C(CN)c1cccc(C)c1. The highest BCUT2D eigenvalue weighted by Gasteiger charge is 2.18. The van der Waals surface area contributed by atoms with Gasteiger partial charge in [-0.25, -0.2) is 4.39 Å². The molecule has 0 bridgehead atoms. The molecule has 0 radical (unpaired) electrons. The van der Waals surface area contributed by atoms with Gasteiger partial charge in [-0.05, 0) is 37.6 Å². The number of benzene rings is 2. The van der Waals surface area contributed by atoms with Gasteiger partial charge < -0.3 is 10.6 Å². The van der Waals surface area contributed by atoms with Crippen LogP contribution in [0, 0.1) is 12.7 Å². The molecule has 1 atom stereocenters. The van der Waals surface area contributed by atoms with Gasteiger partial charge in [0.05, 0.1) is 6.04 Å². The Labute approximate surface area is 120 Å². The van der Waals surface area contributed by atoms with Crippen molar-refractivity contribution in [1.82, 2.24) is 0 Å². The third kappa shape index (κ3) is 3.17. The summed E-state index contributed by atoms with van der Waals surface area (Å²) in [5.74, 6) is -0.221. The second kappa shape index (κ2) is 6.53. The normalized spacial score (nSPS) is 12.2. The van der Waals surface area contributed by atoms with Gasteiger partial charge in [-0.1, -0.05) is 35.9 Å². The summed E-state index contributed by atoms with van der Waals surface area (Å²) in [5, 5.41) is 0. The van der Waals surface area contributed by atoms with E-state index in [1.54, 1.807) is 12.1 Å². The highest BCUT2D eigenvalue weighted by molar-refractivity contribution is 5.49. The Morgan fingerprint density at radius 2 is 1.90 bits per heavy atom. The number of hydrogen-bond acceptors (Lipinski definition) is 2. The third-order valence-electron chi connectivity index (χ3n) is 3.51. The van der Waals surface area contributed by atoms with Crippen LogP contribution in [0.15, 0.2) is 48.5 Å². The molecule has 0 aliphatic rings. The van der Waals surface area contributed by atoms with Gasteiger partial charge >= 0.3 is 0 Å². The molecule has 0 saturated carbocycles. The molecule has 0 aliphatic carbocycles. The zero-order valence-electron chi connectivity index (χ0n) is 12.0. The molecule has 0 aromatic heterocycles. The van der Waals surface area contributed by atoms with E-state index in [9.17, 15) is 4.39 Å². The summed E-state index contributed by atoms with van der Waals surface area (Å²) in [5.41, 5.74) is 9.21. The zero-order valence-corrected chi connectivity index (χ0v) is 12.0.